The number of aromatic nitrogens is 1. The molecule has 1 aliphatic heterocycles. The topological polar surface area (TPSA) is 82.8 Å². The molecule has 1 aromatic rings. The van der Waals surface area contributed by atoms with Gasteiger partial charge in [-0.2, -0.15) is 0 Å². The Morgan fingerprint density at radius 2 is 2.15 bits per heavy atom. The molecule has 7 nitrogen and oxygen atoms in total. The lowest BCUT2D eigenvalue weighted by Gasteiger charge is -2.33. The first kappa shape index (κ1) is 21.3. The number of piperidine rings is 1. The van der Waals surface area contributed by atoms with Crippen LogP contribution >= 0.6 is 0 Å². The minimum Gasteiger partial charge on any atom is -0.443 e. The highest BCUT2D eigenvalue weighted by atomic mass is 16.4. The van der Waals surface area contributed by atoms with Gasteiger partial charge in [-0.1, -0.05) is 20.8 Å². The predicted octanol–water partition coefficient (Wildman–Crippen LogP) is 2.82. The minimum atomic E-state index is -0.0658. The van der Waals surface area contributed by atoms with E-state index in [0.717, 1.165) is 31.7 Å². The van der Waals surface area contributed by atoms with Gasteiger partial charge in [0.1, 0.15) is 12.3 Å². The predicted molar refractivity (Wildman–Crippen MR) is 108 cm³/mol. The Morgan fingerprint density at radius 3 is 2.78 bits per heavy atom. The van der Waals surface area contributed by atoms with Gasteiger partial charge in [-0.3, -0.25) is 4.79 Å². The second-order valence-corrected chi connectivity index (χ2v) is 8.17. The molecule has 0 spiro atoms. The summed E-state index contributed by atoms with van der Waals surface area (Å²) in [7, 11) is 0. The molecule has 0 bridgehead atoms. The van der Waals surface area contributed by atoms with Crippen molar-refractivity contribution in [3.8, 4) is 0 Å². The van der Waals surface area contributed by atoms with Gasteiger partial charge in [-0.25, -0.2) is 9.98 Å². The van der Waals surface area contributed by atoms with Crippen molar-refractivity contribution in [1.82, 2.24) is 20.5 Å². The third kappa shape index (κ3) is 6.56. The monoisotopic (exact) mass is 377 g/mol. The maximum atomic E-state index is 12.4. The molecule has 1 saturated heterocycles. The standard InChI is InChI=1S/C20H35N5O2/c1-6-21-19(24-14-17-23-13-16(27-17)20(3,4)5)22-11-10-18(26)25-12-8-7-9-15(25)2/h13,15H,6-12,14H2,1-5H3,(H2,21,22,24). The van der Waals surface area contributed by atoms with Gasteiger partial charge >= 0.3 is 0 Å². The van der Waals surface area contributed by atoms with Gasteiger partial charge in [-0.05, 0) is 33.1 Å². The molecule has 1 amide bonds. The molecule has 1 atom stereocenters. The zero-order valence-electron chi connectivity index (χ0n) is 17.5. The van der Waals surface area contributed by atoms with Gasteiger partial charge in [-0.15, -0.1) is 0 Å². The Bertz CT molecular complexity index is 633. The van der Waals surface area contributed by atoms with E-state index in [1.807, 2.05) is 11.8 Å². The van der Waals surface area contributed by atoms with Crippen LogP contribution in [0.4, 0.5) is 0 Å². The van der Waals surface area contributed by atoms with Crippen molar-refractivity contribution in [2.75, 3.05) is 19.6 Å². The molecule has 27 heavy (non-hydrogen) atoms. The number of amides is 1. The van der Waals surface area contributed by atoms with Crippen molar-refractivity contribution >= 4 is 11.9 Å². The van der Waals surface area contributed by atoms with Crippen LogP contribution in [-0.2, 0) is 16.8 Å². The third-order valence-corrected chi connectivity index (χ3v) is 4.76. The molecule has 0 saturated carbocycles. The Hall–Kier alpha value is -2.05. The highest BCUT2D eigenvalue weighted by Gasteiger charge is 2.22. The molecule has 0 aromatic carbocycles. The van der Waals surface area contributed by atoms with Crippen LogP contribution in [0.15, 0.2) is 15.6 Å². The lowest BCUT2D eigenvalue weighted by molar-refractivity contribution is -0.134. The second-order valence-electron chi connectivity index (χ2n) is 8.17. The third-order valence-electron chi connectivity index (χ3n) is 4.76. The van der Waals surface area contributed by atoms with Gasteiger partial charge < -0.3 is 20.0 Å². The van der Waals surface area contributed by atoms with Gasteiger partial charge in [0, 0.05) is 37.5 Å². The maximum Gasteiger partial charge on any atom is 0.224 e. The number of carbonyl (C=O) groups excluding carboxylic acids is 1. The van der Waals surface area contributed by atoms with Crippen molar-refractivity contribution in [3.05, 3.63) is 17.8 Å². The number of oxazole rings is 1. The SMILES string of the molecule is CCNC(=NCc1ncc(C(C)(C)C)o1)NCCC(=O)N1CCCCC1C. The number of nitrogens with zero attached hydrogens (tertiary/aromatic N) is 3. The largest absolute Gasteiger partial charge is 0.443 e. The van der Waals surface area contributed by atoms with Crippen molar-refractivity contribution in [3.63, 3.8) is 0 Å². The van der Waals surface area contributed by atoms with E-state index in [4.69, 9.17) is 4.42 Å². The summed E-state index contributed by atoms with van der Waals surface area (Å²) in [6.45, 7) is 13.0. The molecular formula is C20H35N5O2. The van der Waals surface area contributed by atoms with Gasteiger partial charge in [0.2, 0.25) is 11.8 Å². The molecule has 1 aliphatic rings. The zero-order chi connectivity index (χ0) is 19.9. The number of hydrogen-bond donors (Lipinski definition) is 2. The van der Waals surface area contributed by atoms with E-state index in [0.29, 0.717) is 37.4 Å². The molecule has 0 radical (unpaired) electrons. The number of nitrogens with one attached hydrogen (secondary N) is 2. The van der Waals surface area contributed by atoms with E-state index in [1.165, 1.54) is 6.42 Å². The van der Waals surface area contributed by atoms with E-state index in [9.17, 15) is 4.79 Å². The van der Waals surface area contributed by atoms with E-state index < -0.39 is 0 Å². The minimum absolute atomic E-state index is 0.0658. The second kappa shape index (κ2) is 9.76. The summed E-state index contributed by atoms with van der Waals surface area (Å²) in [5.74, 6) is 2.34. The summed E-state index contributed by atoms with van der Waals surface area (Å²) in [6, 6.07) is 0.357. The fraction of sp³-hybridized carbons (Fsp3) is 0.750. The molecule has 2 heterocycles. The number of hydrogen-bond acceptors (Lipinski definition) is 4. The first-order valence-electron chi connectivity index (χ1n) is 10.1. The number of carbonyl (C=O) groups is 1. The van der Waals surface area contributed by atoms with Crippen LogP contribution in [0.5, 0.6) is 0 Å². The highest BCUT2D eigenvalue weighted by molar-refractivity contribution is 5.81. The zero-order valence-corrected chi connectivity index (χ0v) is 17.5. The van der Waals surface area contributed by atoms with Gasteiger partial charge in [0.25, 0.3) is 0 Å². The first-order chi connectivity index (χ1) is 12.8. The van der Waals surface area contributed by atoms with Crippen LogP contribution < -0.4 is 10.6 Å². The van der Waals surface area contributed by atoms with E-state index in [1.54, 1.807) is 6.20 Å². The Balaban J connectivity index is 1.84. The Morgan fingerprint density at radius 1 is 1.37 bits per heavy atom. The summed E-state index contributed by atoms with van der Waals surface area (Å²) >= 11 is 0. The molecule has 1 fully saturated rings. The van der Waals surface area contributed by atoms with Crippen molar-refractivity contribution in [2.24, 2.45) is 4.99 Å². The summed E-state index contributed by atoms with van der Waals surface area (Å²) in [5, 5.41) is 6.43. The van der Waals surface area contributed by atoms with Crippen molar-refractivity contribution in [2.45, 2.75) is 78.3 Å². The fourth-order valence-corrected chi connectivity index (χ4v) is 3.12. The van der Waals surface area contributed by atoms with Crippen LogP contribution in [0.3, 0.4) is 0 Å². The fourth-order valence-electron chi connectivity index (χ4n) is 3.12. The van der Waals surface area contributed by atoms with E-state index in [-0.39, 0.29) is 11.3 Å². The van der Waals surface area contributed by atoms with E-state index in [2.05, 4.69) is 48.3 Å². The lowest BCUT2D eigenvalue weighted by Crippen LogP contribution is -2.44. The van der Waals surface area contributed by atoms with Crippen LogP contribution in [0.1, 0.15) is 72.0 Å². The summed E-state index contributed by atoms with van der Waals surface area (Å²) in [5.41, 5.74) is -0.0658. The van der Waals surface area contributed by atoms with Gasteiger partial charge in [0.15, 0.2) is 5.96 Å². The van der Waals surface area contributed by atoms with Crippen LogP contribution in [-0.4, -0.2) is 47.4 Å². The molecule has 2 rings (SSSR count). The lowest BCUT2D eigenvalue weighted by atomic mass is 9.94. The highest BCUT2D eigenvalue weighted by Crippen LogP contribution is 2.22. The number of rotatable bonds is 6. The average molecular weight is 378 g/mol. The normalized spacial score (nSPS) is 18.5. The molecular weight excluding hydrogens is 342 g/mol. The Labute approximate surface area is 163 Å². The molecule has 152 valence electrons. The van der Waals surface area contributed by atoms with Crippen molar-refractivity contribution in [1.29, 1.82) is 0 Å². The quantitative estimate of drug-likeness (QED) is 0.588. The van der Waals surface area contributed by atoms with Crippen LogP contribution in [0, 0.1) is 0 Å². The number of aliphatic imine (C=N–C) groups is 1. The summed E-state index contributed by atoms with van der Waals surface area (Å²) < 4.78 is 5.78. The maximum absolute atomic E-state index is 12.4. The van der Waals surface area contributed by atoms with E-state index >= 15 is 0 Å². The number of guanidine groups is 1. The molecule has 7 heteroatoms. The average Bonchev–Trinajstić information content (AvgIpc) is 3.09. The van der Waals surface area contributed by atoms with Gasteiger partial charge in [0.05, 0.1) is 6.20 Å². The van der Waals surface area contributed by atoms with Crippen molar-refractivity contribution < 1.29 is 9.21 Å². The molecule has 1 aromatic heterocycles. The summed E-state index contributed by atoms with van der Waals surface area (Å²) in [6.07, 6.45) is 5.68. The smallest absolute Gasteiger partial charge is 0.224 e. The number of likely N-dealkylation sites (tertiary alicyclic amines) is 1. The Kier molecular flexibility index (Phi) is 7.68. The molecule has 0 aliphatic carbocycles. The molecule has 1 unspecified atom stereocenters. The first-order valence-corrected chi connectivity index (χ1v) is 10.1. The van der Waals surface area contributed by atoms with Crippen LogP contribution in [0.25, 0.3) is 0 Å². The van der Waals surface area contributed by atoms with Crippen LogP contribution in [0.2, 0.25) is 0 Å². The summed E-state index contributed by atoms with van der Waals surface area (Å²) in [4.78, 5) is 23.3. The molecule has 2 N–H and O–H groups in total.